The van der Waals surface area contributed by atoms with Crippen LogP contribution >= 0.6 is 0 Å². The quantitative estimate of drug-likeness (QED) is 0.731. The van der Waals surface area contributed by atoms with Crippen LogP contribution in [0.25, 0.3) is 0 Å². The van der Waals surface area contributed by atoms with Crippen molar-refractivity contribution in [2.45, 2.75) is 19.4 Å². The second-order valence-electron chi connectivity index (χ2n) is 5.75. The summed E-state index contributed by atoms with van der Waals surface area (Å²) in [5.41, 5.74) is 1.19. The maximum absolute atomic E-state index is 12.3. The molecule has 0 bridgehead atoms. The van der Waals surface area contributed by atoms with Gasteiger partial charge in [-0.1, -0.05) is 35.5 Å². The van der Waals surface area contributed by atoms with Gasteiger partial charge in [0.1, 0.15) is 5.82 Å². The van der Waals surface area contributed by atoms with Crippen molar-refractivity contribution in [2.24, 2.45) is 0 Å². The first-order chi connectivity index (χ1) is 11.8. The zero-order valence-corrected chi connectivity index (χ0v) is 13.1. The molecule has 2 aromatic heterocycles. The van der Waals surface area contributed by atoms with E-state index in [-0.39, 0.29) is 11.7 Å². The van der Waals surface area contributed by atoms with Crippen LogP contribution in [-0.4, -0.2) is 43.8 Å². The topological polar surface area (TPSA) is 77.1 Å². The summed E-state index contributed by atoms with van der Waals surface area (Å²) in [6.07, 6.45) is 2.89. The van der Waals surface area contributed by atoms with Gasteiger partial charge >= 0.3 is 0 Å². The minimum atomic E-state index is -0.136. The third kappa shape index (κ3) is 2.92. The number of nitrogens with zero attached hydrogens (tertiary/aromatic N) is 5. The maximum Gasteiger partial charge on any atom is 0.292 e. The number of carbonyl (C=O) groups is 1. The number of hydrogen-bond donors (Lipinski definition) is 0. The van der Waals surface area contributed by atoms with Crippen LogP contribution < -0.4 is 0 Å². The first-order valence-electron chi connectivity index (χ1n) is 7.96. The number of fused-ring (bicyclic) bond motifs is 1. The average molecular weight is 323 g/mol. The van der Waals surface area contributed by atoms with Gasteiger partial charge in [-0.15, -0.1) is 0 Å². The molecule has 0 radical (unpaired) electrons. The molecule has 3 aromatic rings. The summed E-state index contributed by atoms with van der Waals surface area (Å²) in [5, 5.41) is 8.18. The normalized spacial score (nSPS) is 14.2. The number of rotatable bonds is 3. The molecular weight excluding hydrogens is 306 g/mol. The average Bonchev–Trinajstić information content (AvgIpc) is 3.22. The van der Waals surface area contributed by atoms with E-state index in [4.69, 9.17) is 4.52 Å². The van der Waals surface area contributed by atoms with Gasteiger partial charge in [0.25, 0.3) is 5.91 Å². The van der Waals surface area contributed by atoms with E-state index >= 15 is 0 Å². The summed E-state index contributed by atoms with van der Waals surface area (Å²) in [4.78, 5) is 18.7. The van der Waals surface area contributed by atoms with E-state index in [1.54, 1.807) is 11.0 Å². The van der Waals surface area contributed by atoms with Crippen molar-refractivity contribution in [3.05, 3.63) is 65.6 Å². The largest absolute Gasteiger partial charge is 0.351 e. The smallest absolute Gasteiger partial charge is 0.292 e. The molecule has 1 aliphatic rings. The predicted molar refractivity (Wildman–Crippen MR) is 85.4 cm³/mol. The van der Waals surface area contributed by atoms with E-state index in [0.717, 1.165) is 18.1 Å². The standard InChI is InChI=1S/C17H17N5O2/c23-17(14-6-8-18-24-14)21-9-7-16-19-15(20-22(16)11-10-21)12-13-4-2-1-3-5-13/h1-6,8H,7,9-12H2. The first kappa shape index (κ1) is 14.6. The molecule has 0 atom stereocenters. The molecule has 3 heterocycles. The van der Waals surface area contributed by atoms with Gasteiger partial charge in [0.15, 0.2) is 5.82 Å². The molecule has 0 unspecified atom stereocenters. The van der Waals surface area contributed by atoms with Gasteiger partial charge in [0.2, 0.25) is 5.76 Å². The number of benzene rings is 1. The van der Waals surface area contributed by atoms with Crippen LogP contribution in [0.4, 0.5) is 0 Å². The van der Waals surface area contributed by atoms with E-state index in [1.165, 1.54) is 11.8 Å². The Morgan fingerprint density at radius 2 is 2.00 bits per heavy atom. The fraction of sp³-hybridized carbons (Fsp3) is 0.294. The Bertz CT molecular complexity index is 801. The third-order valence-electron chi connectivity index (χ3n) is 4.12. The molecule has 7 nitrogen and oxygen atoms in total. The number of carbonyl (C=O) groups excluding carboxylic acids is 1. The van der Waals surface area contributed by atoms with Crippen LogP contribution in [0.5, 0.6) is 0 Å². The Balaban J connectivity index is 1.45. The Morgan fingerprint density at radius 3 is 2.79 bits per heavy atom. The molecule has 1 aromatic carbocycles. The van der Waals surface area contributed by atoms with Crippen LogP contribution in [0.2, 0.25) is 0 Å². The SMILES string of the molecule is O=C(c1ccno1)N1CCc2nc(Cc3ccccc3)nn2CC1. The number of hydrogen-bond acceptors (Lipinski definition) is 5. The Morgan fingerprint density at radius 1 is 1.12 bits per heavy atom. The Labute approximate surface area is 138 Å². The van der Waals surface area contributed by atoms with Gasteiger partial charge in [0.05, 0.1) is 12.7 Å². The molecule has 0 spiro atoms. The van der Waals surface area contributed by atoms with E-state index in [2.05, 4.69) is 27.4 Å². The summed E-state index contributed by atoms with van der Waals surface area (Å²) in [5.74, 6) is 1.88. The zero-order chi connectivity index (χ0) is 16.4. The van der Waals surface area contributed by atoms with Crippen LogP contribution in [0, 0.1) is 0 Å². The van der Waals surface area contributed by atoms with Gasteiger partial charge in [-0.2, -0.15) is 5.10 Å². The van der Waals surface area contributed by atoms with Gasteiger partial charge in [0, 0.05) is 32.0 Å². The van der Waals surface area contributed by atoms with Crippen LogP contribution in [0.3, 0.4) is 0 Å². The summed E-state index contributed by atoms with van der Waals surface area (Å²) in [6.45, 7) is 1.82. The molecule has 24 heavy (non-hydrogen) atoms. The second kappa shape index (κ2) is 6.27. The van der Waals surface area contributed by atoms with Crippen molar-refractivity contribution in [1.82, 2.24) is 24.8 Å². The van der Waals surface area contributed by atoms with E-state index in [0.29, 0.717) is 26.1 Å². The van der Waals surface area contributed by atoms with E-state index < -0.39 is 0 Å². The summed E-state index contributed by atoms with van der Waals surface area (Å²) < 4.78 is 6.86. The van der Waals surface area contributed by atoms with Crippen molar-refractivity contribution in [3.8, 4) is 0 Å². The highest BCUT2D eigenvalue weighted by Crippen LogP contribution is 2.12. The minimum Gasteiger partial charge on any atom is -0.351 e. The lowest BCUT2D eigenvalue weighted by molar-refractivity contribution is 0.0716. The van der Waals surface area contributed by atoms with Gasteiger partial charge < -0.3 is 9.42 Å². The van der Waals surface area contributed by atoms with Crippen molar-refractivity contribution in [3.63, 3.8) is 0 Å². The van der Waals surface area contributed by atoms with Crippen LogP contribution in [0.15, 0.2) is 47.1 Å². The molecule has 1 amide bonds. The lowest BCUT2D eigenvalue weighted by Crippen LogP contribution is -2.33. The van der Waals surface area contributed by atoms with Gasteiger partial charge in [-0.3, -0.25) is 4.79 Å². The lowest BCUT2D eigenvalue weighted by Gasteiger charge is -2.17. The van der Waals surface area contributed by atoms with Crippen LogP contribution in [-0.2, 0) is 19.4 Å². The molecule has 0 saturated carbocycles. The molecule has 1 aliphatic heterocycles. The predicted octanol–water partition coefficient (Wildman–Crippen LogP) is 1.56. The highest BCUT2D eigenvalue weighted by molar-refractivity contribution is 5.91. The molecule has 0 fully saturated rings. The van der Waals surface area contributed by atoms with E-state index in [9.17, 15) is 4.79 Å². The Kier molecular flexibility index (Phi) is 3.82. The van der Waals surface area contributed by atoms with Gasteiger partial charge in [-0.25, -0.2) is 9.67 Å². The summed E-state index contributed by atoms with van der Waals surface area (Å²) >= 11 is 0. The summed E-state index contributed by atoms with van der Waals surface area (Å²) in [6, 6.07) is 11.8. The molecule has 122 valence electrons. The highest BCUT2D eigenvalue weighted by atomic mass is 16.5. The van der Waals surface area contributed by atoms with Crippen molar-refractivity contribution in [1.29, 1.82) is 0 Å². The maximum atomic E-state index is 12.3. The van der Waals surface area contributed by atoms with Crippen molar-refractivity contribution in [2.75, 3.05) is 13.1 Å². The van der Waals surface area contributed by atoms with Gasteiger partial charge in [-0.05, 0) is 5.56 Å². The third-order valence-corrected chi connectivity index (χ3v) is 4.12. The minimum absolute atomic E-state index is 0.136. The molecular formula is C17H17N5O2. The Hall–Kier alpha value is -2.96. The molecule has 7 heteroatoms. The first-order valence-corrected chi connectivity index (χ1v) is 7.96. The zero-order valence-electron chi connectivity index (χ0n) is 13.1. The highest BCUT2D eigenvalue weighted by Gasteiger charge is 2.23. The molecule has 0 saturated heterocycles. The fourth-order valence-electron chi connectivity index (χ4n) is 2.89. The van der Waals surface area contributed by atoms with Crippen LogP contribution in [0.1, 0.15) is 27.8 Å². The molecule has 0 aliphatic carbocycles. The monoisotopic (exact) mass is 323 g/mol. The lowest BCUT2D eigenvalue weighted by atomic mass is 10.1. The van der Waals surface area contributed by atoms with E-state index in [1.807, 2.05) is 22.9 Å². The summed E-state index contributed by atoms with van der Waals surface area (Å²) in [7, 11) is 0. The number of aromatic nitrogens is 4. The van der Waals surface area contributed by atoms with Crippen molar-refractivity contribution < 1.29 is 9.32 Å². The molecule has 4 rings (SSSR count). The van der Waals surface area contributed by atoms with Crippen molar-refractivity contribution >= 4 is 5.91 Å². The molecule has 0 N–H and O–H groups in total. The second-order valence-corrected chi connectivity index (χ2v) is 5.75. The number of amides is 1. The fourth-order valence-corrected chi connectivity index (χ4v) is 2.89.